The van der Waals surface area contributed by atoms with Gasteiger partial charge in [0, 0.05) is 18.7 Å². The van der Waals surface area contributed by atoms with E-state index in [2.05, 4.69) is 47.1 Å². The molecule has 0 aliphatic carbocycles. The van der Waals surface area contributed by atoms with Gasteiger partial charge in [0.15, 0.2) is 11.5 Å². The van der Waals surface area contributed by atoms with Crippen LogP contribution in [0.4, 0.5) is 0 Å². The largest absolute Gasteiger partial charge is 0.493 e. The highest BCUT2D eigenvalue weighted by Crippen LogP contribution is 2.37. The highest BCUT2D eigenvalue weighted by Gasteiger charge is 2.26. The molecule has 1 heterocycles. The minimum Gasteiger partial charge on any atom is -0.493 e. The zero-order chi connectivity index (χ0) is 19.2. The molecule has 3 rings (SSSR count). The second-order valence-corrected chi connectivity index (χ2v) is 7.67. The van der Waals surface area contributed by atoms with Gasteiger partial charge in [-0.05, 0) is 58.8 Å². The lowest BCUT2D eigenvalue weighted by molar-refractivity contribution is 0.0712. The Bertz CT molecular complexity index is 771. The molecule has 1 saturated heterocycles. The highest BCUT2D eigenvalue weighted by atomic mass is 79.9. The molecule has 0 radical (unpaired) electrons. The van der Waals surface area contributed by atoms with Crippen LogP contribution in [0.5, 0.6) is 11.5 Å². The second kappa shape index (κ2) is 9.27. The van der Waals surface area contributed by atoms with Crippen LogP contribution in [-0.4, -0.2) is 37.6 Å². The van der Waals surface area contributed by atoms with Gasteiger partial charge in [0.2, 0.25) is 0 Å². The van der Waals surface area contributed by atoms with Crippen LogP contribution < -0.4 is 9.47 Å². The van der Waals surface area contributed by atoms with Crippen molar-refractivity contribution < 1.29 is 14.3 Å². The predicted molar refractivity (Wildman–Crippen MR) is 111 cm³/mol. The normalized spacial score (nSPS) is 14.9. The Hall–Kier alpha value is -2.01. The van der Waals surface area contributed by atoms with Crippen molar-refractivity contribution in [2.45, 2.75) is 32.1 Å². The zero-order valence-corrected chi connectivity index (χ0v) is 17.5. The lowest BCUT2D eigenvalue weighted by Gasteiger charge is -2.32. The topological polar surface area (TPSA) is 38.8 Å². The maximum atomic E-state index is 13.0. The maximum absolute atomic E-state index is 13.0. The van der Waals surface area contributed by atoms with Gasteiger partial charge in [-0.25, -0.2) is 0 Å². The minimum absolute atomic E-state index is 0.0440. The number of methoxy groups -OCH3 is 1. The monoisotopic (exact) mass is 431 g/mol. The van der Waals surface area contributed by atoms with Gasteiger partial charge in [-0.1, -0.05) is 37.3 Å². The molecule has 5 heteroatoms. The van der Waals surface area contributed by atoms with Gasteiger partial charge in [0.1, 0.15) is 0 Å². The van der Waals surface area contributed by atoms with E-state index < -0.39 is 0 Å². The Balaban J connectivity index is 1.70. The summed E-state index contributed by atoms with van der Waals surface area (Å²) in [6, 6.07) is 14.2. The van der Waals surface area contributed by atoms with Crippen LogP contribution >= 0.6 is 15.9 Å². The Morgan fingerprint density at radius 2 is 1.89 bits per heavy atom. The van der Waals surface area contributed by atoms with Crippen molar-refractivity contribution in [2.24, 2.45) is 0 Å². The van der Waals surface area contributed by atoms with E-state index in [0.717, 1.165) is 36.8 Å². The molecule has 27 heavy (non-hydrogen) atoms. The van der Waals surface area contributed by atoms with Crippen molar-refractivity contribution in [3.8, 4) is 11.5 Å². The molecule has 1 aliphatic heterocycles. The van der Waals surface area contributed by atoms with Gasteiger partial charge >= 0.3 is 0 Å². The first kappa shape index (κ1) is 19.7. The molecule has 0 bridgehead atoms. The molecule has 1 aliphatic rings. The van der Waals surface area contributed by atoms with Crippen molar-refractivity contribution in [1.29, 1.82) is 0 Å². The number of ether oxygens (including phenoxy) is 2. The number of carbonyl (C=O) groups is 1. The Morgan fingerprint density at radius 1 is 1.19 bits per heavy atom. The summed E-state index contributed by atoms with van der Waals surface area (Å²) in [5.41, 5.74) is 1.99. The van der Waals surface area contributed by atoms with Crippen LogP contribution in [0.2, 0.25) is 0 Å². The SMILES string of the molecule is CCCOc1c(Br)cc(C(=O)N2CCC(c3ccccc3)CC2)cc1OC. The van der Waals surface area contributed by atoms with Crippen molar-refractivity contribution in [3.63, 3.8) is 0 Å². The smallest absolute Gasteiger partial charge is 0.254 e. The van der Waals surface area contributed by atoms with Crippen molar-refractivity contribution in [2.75, 3.05) is 26.8 Å². The number of carbonyl (C=O) groups excluding carboxylic acids is 1. The summed E-state index contributed by atoms with van der Waals surface area (Å²) in [6.07, 6.45) is 2.89. The molecule has 1 fully saturated rings. The summed E-state index contributed by atoms with van der Waals surface area (Å²) in [5, 5.41) is 0. The molecule has 2 aromatic carbocycles. The third-order valence-corrected chi connectivity index (χ3v) is 5.57. The highest BCUT2D eigenvalue weighted by molar-refractivity contribution is 9.10. The molecular formula is C22H26BrNO3. The number of rotatable bonds is 6. The zero-order valence-electron chi connectivity index (χ0n) is 15.9. The molecule has 0 spiro atoms. The van der Waals surface area contributed by atoms with E-state index in [1.807, 2.05) is 17.0 Å². The van der Waals surface area contributed by atoms with Crippen molar-refractivity contribution in [1.82, 2.24) is 4.90 Å². The first-order chi connectivity index (χ1) is 13.1. The molecule has 0 aromatic heterocycles. The standard InChI is InChI=1S/C22H26BrNO3/c1-3-13-27-21-19(23)14-18(15-20(21)26-2)22(25)24-11-9-17(10-12-24)16-7-5-4-6-8-16/h4-8,14-15,17H,3,9-13H2,1-2H3. The molecular weight excluding hydrogens is 406 g/mol. The summed E-state index contributed by atoms with van der Waals surface area (Å²) in [4.78, 5) is 14.9. The summed E-state index contributed by atoms with van der Waals surface area (Å²) < 4.78 is 12.0. The van der Waals surface area contributed by atoms with Crippen LogP contribution in [0.25, 0.3) is 0 Å². The summed E-state index contributed by atoms with van der Waals surface area (Å²) >= 11 is 3.53. The van der Waals surface area contributed by atoms with Crippen molar-refractivity contribution >= 4 is 21.8 Å². The number of hydrogen-bond donors (Lipinski definition) is 0. The number of amides is 1. The number of likely N-dealkylation sites (tertiary alicyclic amines) is 1. The van der Waals surface area contributed by atoms with Gasteiger partial charge in [-0.15, -0.1) is 0 Å². The van der Waals surface area contributed by atoms with Crippen LogP contribution in [0.3, 0.4) is 0 Å². The third kappa shape index (κ3) is 4.64. The van der Waals surface area contributed by atoms with Gasteiger partial charge < -0.3 is 14.4 Å². The summed E-state index contributed by atoms with van der Waals surface area (Å²) in [5.74, 6) is 1.81. The van der Waals surface area contributed by atoms with E-state index in [0.29, 0.717) is 29.6 Å². The third-order valence-electron chi connectivity index (χ3n) is 4.98. The number of piperidine rings is 1. The lowest BCUT2D eigenvalue weighted by Crippen LogP contribution is -2.37. The molecule has 0 N–H and O–H groups in total. The summed E-state index contributed by atoms with van der Waals surface area (Å²) in [7, 11) is 1.60. The molecule has 1 amide bonds. The first-order valence-corrected chi connectivity index (χ1v) is 10.3. The molecule has 2 aromatic rings. The average molecular weight is 432 g/mol. The van der Waals surface area contributed by atoms with Gasteiger partial charge in [-0.3, -0.25) is 4.79 Å². The Morgan fingerprint density at radius 3 is 2.52 bits per heavy atom. The van der Waals surface area contributed by atoms with Crippen LogP contribution in [0.15, 0.2) is 46.9 Å². The minimum atomic E-state index is 0.0440. The fourth-order valence-corrected chi connectivity index (χ4v) is 4.07. The lowest BCUT2D eigenvalue weighted by atomic mass is 9.89. The fourth-order valence-electron chi connectivity index (χ4n) is 3.51. The van der Waals surface area contributed by atoms with Crippen LogP contribution in [0.1, 0.15) is 48.0 Å². The van der Waals surface area contributed by atoms with Crippen LogP contribution in [-0.2, 0) is 0 Å². The number of hydrogen-bond acceptors (Lipinski definition) is 3. The summed E-state index contributed by atoms with van der Waals surface area (Å²) in [6.45, 7) is 4.20. The fraction of sp³-hybridized carbons (Fsp3) is 0.409. The van der Waals surface area contributed by atoms with Gasteiger partial charge in [0.05, 0.1) is 18.2 Å². The second-order valence-electron chi connectivity index (χ2n) is 6.82. The molecule has 0 atom stereocenters. The van der Waals surface area contributed by atoms with Crippen LogP contribution in [0, 0.1) is 0 Å². The van der Waals surface area contributed by atoms with Crippen molar-refractivity contribution in [3.05, 3.63) is 58.1 Å². The predicted octanol–water partition coefficient (Wildman–Crippen LogP) is 5.27. The quantitative estimate of drug-likeness (QED) is 0.625. The average Bonchev–Trinajstić information content (AvgIpc) is 2.72. The number of halogens is 1. The molecule has 0 unspecified atom stereocenters. The van der Waals surface area contributed by atoms with E-state index in [4.69, 9.17) is 9.47 Å². The number of benzene rings is 2. The first-order valence-electron chi connectivity index (χ1n) is 9.48. The molecule has 0 saturated carbocycles. The molecule has 144 valence electrons. The Kier molecular flexibility index (Phi) is 6.78. The maximum Gasteiger partial charge on any atom is 0.254 e. The van der Waals surface area contributed by atoms with Gasteiger partial charge in [-0.2, -0.15) is 0 Å². The van der Waals surface area contributed by atoms with E-state index >= 15 is 0 Å². The number of nitrogens with zero attached hydrogens (tertiary/aromatic N) is 1. The van der Waals surface area contributed by atoms with Gasteiger partial charge in [0.25, 0.3) is 5.91 Å². The molecule has 4 nitrogen and oxygen atoms in total. The van der Waals surface area contributed by atoms with E-state index in [9.17, 15) is 4.79 Å². The Labute approximate surface area is 169 Å². The van der Waals surface area contributed by atoms with E-state index in [-0.39, 0.29) is 5.91 Å². The van der Waals surface area contributed by atoms with E-state index in [1.54, 1.807) is 13.2 Å². The van der Waals surface area contributed by atoms with E-state index in [1.165, 1.54) is 5.56 Å².